The number of thiazole rings is 1. The summed E-state index contributed by atoms with van der Waals surface area (Å²) in [6, 6.07) is 0. The first-order valence-corrected chi connectivity index (χ1v) is 5.82. The van der Waals surface area contributed by atoms with E-state index in [0.717, 1.165) is 18.9 Å². The standard InChI is InChI=1S/C10H18N2S/c1-3-4-9(6-11-2)5-10-7-13-8-12-10/h7-9,11H,3-6H2,1-2H3. The Bertz CT molecular complexity index is 203. The topological polar surface area (TPSA) is 24.9 Å². The van der Waals surface area contributed by atoms with Crippen LogP contribution in [0.4, 0.5) is 0 Å². The molecule has 0 saturated heterocycles. The van der Waals surface area contributed by atoms with E-state index >= 15 is 0 Å². The minimum absolute atomic E-state index is 0.747. The molecule has 74 valence electrons. The summed E-state index contributed by atoms with van der Waals surface area (Å²) < 4.78 is 0. The number of rotatable bonds is 6. The molecule has 2 nitrogen and oxygen atoms in total. The highest BCUT2D eigenvalue weighted by Gasteiger charge is 2.08. The summed E-state index contributed by atoms with van der Waals surface area (Å²) in [6.07, 6.45) is 3.67. The molecule has 1 unspecified atom stereocenters. The highest BCUT2D eigenvalue weighted by Crippen LogP contribution is 2.13. The normalized spacial score (nSPS) is 13.1. The minimum atomic E-state index is 0.747. The van der Waals surface area contributed by atoms with Gasteiger partial charge in [-0.3, -0.25) is 0 Å². The zero-order valence-corrected chi connectivity index (χ0v) is 9.23. The summed E-state index contributed by atoms with van der Waals surface area (Å²) in [4.78, 5) is 4.31. The van der Waals surface area contributed by atoms with Crippen molar-refractivity contribution in [3.8, 4) is 0 Å². The van der Waals surface area contributed by atoms with Gasteiger partial charge in [0, 0.05) is 5.38 Å². The average Bonchev–Trinajstić information content (AvgIpc) is 2.58. The van der Waals surface area contributed by atoms with Gasteiger partial charge in [0.15, 0.2) is 0 Å². The third-order valence-corrected chi connectivity index (χ3v) is 2.81. The number of hydrogen-bond acceptors (Lipinski definition) is 3. The number of aromatic nitrogens is 1. The zero-order chi connectivity index (χ0) is 9.52. The van der Waals surface area contributed by atoms with Gasteiger partial charge < -0.3 is 5.32 Å². The van der Waals surface area contributed by atoms with Gasteiger partial charge in [-0.2, -0.15) is 0 Å². The molecule has 0 aliphatic rings. The quantitative estimate of drug-likeness (QED) is 0.759. The van der Waals surface area contributed by atoms with Gasteiger partial charge in [-0.1, -0.05) is 13.3 Å². The second-order valence-electron chi connectivity index (χ2n) is 3.40. The second-order valence-corrected chi connectivity index (χ2v) is 4.11. The maximum Gasteiger partial charge on any atom is 0.0794 e. The van der Waals surface area contributed by atoms with Crippen LogP contribution in [0.1, 0.15) is 25.5 Å². The van der Waals surface area contributed by atoms with Gasteiger partial charge in [0.05, 0.1) is 11.2 Å². The van der Waals surface area contributed by atoms with Gasteiger partial charge in [-0.25, -0.2) is 4.98 Å². The molecular formula is C10H18N2S. The molecule has 0 fully saturated rings. The Hall–Kier alpha value is -0.410. The molecule has 0 aromatic carbocycles. The van der Waals surface area contributed by atoms with Crippen molar-refractivity contribution >= 4 is 11.3 Å². The maximum absolute atomic E-state index is 4.31. The van der Waals surface area contributed by atoms with Crippen LogP contribution in [0.5, 0.6) is 0 Å². The van der Waals surface area contributed by atoms with Crippen molar-refractivity contribution in [2.45, 2.75) is 26.2 Å². The first kappa shape index (κ1) is 10.7. The molecule has 0 bridgehead atoms. The van der Waals surface area contributed by atoms with E-state index in [2.05, 4.69) is 22.6 Å². The molecule has 1 atom stereocenters. The van der Waals surface area contributed by atoms with Crippen LogP contribution in [-0.4, -0.2) is 18.6 Å². The van der Waals surface area contributed by atoms with Crippen LogP contribution in [0.25, 0.3) is 0 Å². The van der Waals surface area contributed by atoms with Gasteiger partial charge in [-0.05, 0) is 32.4 Å². The zero-order valence-electron chi connectivity index (χ0n) is 8.42. The average molecular weight is 198 g/mol. The van der Waals surface area contributed by atoms with Crippen LogP contribution in [0.15, 0.2) is 10.9 Å². The second kappa shape index (κ2) is 6.11. The van der Waals surface area contributed by atoms with Crippen LogP contribution in [0.3, 0.4) is 0 Å². The van der Waals surface area contributed by atoms with E-state index in [1.54, 1.807) is 11.3 Å². The Morgan fingerprint density at radius 2 is 2.46 bits per heavy atom. The molecule has 0 radical (unpaired) electrons. The third kappa shape index (κ3) is 3.87. The number of nitrogens with one attached hydrogen (secondary N) is 1. The molecule has 0 spiro atoms. The Morgan fingerprint density at radius 3 is 3.00 bits per heavy atom. The van der Waals surface area contributed by atoms with Gasteiger partial charge in [0.25, 0.3) is 0 Å². The summed E-state index contributed by atoms with van der Waals surface area (Å²) in [7, 11) is 2.02. The van der Waals surface area contributed by atoms with Gasteiger partial charge >= 0.3 is 0 Å². The van der Waals surface area contributed by atoms with Crippen molar-refractivity contribution < 1.29 is 0 Å². The smallest absolute Gasteiger partial charge is 0.0794 e. The number of hydrogen-bond donors (Lipinski definition) is 1. The highest BCUT2D eigenvalue weighted by molar-refractivity contribution is 7.07. The molecule has 0 saturated carbocycles. The molecule has 0 aliphatic heterocycles. The van der Waals surface area contributed by atoms with Crippen molar-refractivity contribution in [3.05, 3.63) is 16.6 Å². The van der Waals surface area contributed by atoms with E-state index in [1.165, 1.54) is 18.5 Å². The summed E-state index contributed by atoms with van der Waals surface area (Å²) in [5.74, 6) is 0.747. The molecule has 0 aliphatic carbocycles. The molecule has 1 heterocycles. The van der Waals surface area contributed by atoms with E-state index in [4.69, 9.17) is 0 Å². The van der Waals surface area contributed by atoms with Gasteiger partial charge in [-0.15, -0.1) is 11.3 Å². The van der Waals surface area contributed by atoms with Crippen LogP contribution >= 0.6 is 11.3 Å². The third-order valence-electron chi connectivity index (χ3n) is 2.17. The molecule has 1 aromatic heterocycles. The molecule has 1 rings (SSSR count). The van der Waals surface area contributed by atoms with Gasteiger partial charge in [0.2, 0.25) is 0 Å². The summed E-state index contributed by atoms with van der Waals surface area (Å²) in [5, 5.41) is 5.39. The lowest BCUT2D eigenvalue weighted by atomic mass is 9.98. The van der Waals surface area contributed by atoms with E-state index < -0.39 is 0 Å². The fourth-order valence-corrected chi connectivity index (χ4v) is 2.18. The highest BCUT2D eigenvalue weighted by atomic mass is 32.1. The van der Waals surface area contributed by atoms with Gasteiger partial charge in [0.1, 0.15) is 0 Å². The predicted molar refractivity (Wildman–Crippen MR) is 58.1 cm³/mol. The Labute approximate surface area is 84.4 Å². The van der Waals surface area contributed by atoms with E-state index in [-0.39, 0.29) is 0 Å². The SMILES string of the molecule is CCCC(CNC)Cc1cscn1. The van der Waals surface area contributed by atoms with E-state index in [0.29, 0.717) is 0 Å². The minimum Gasteiger partial charge on any atom is -0.319 e. The lowest BCUT2D eigenvalue weighted by Crippen LogP contribution is -2.20. The van der Waals surface area contributed by atoms with Crippen molar-refractivity contribution in [1.29, 1.82) is 0 Å². The molecule has 13 heavy (non-hydrogen) atoms. The van der Waals surface area contributed by atoms with Crippen LogP contribution < -0.4 is 5.32 Å². The first-order valence-electron chi connectivity index (χ1n) is 4.88. The van der Waals surface area contributed by atoms with Crippen molar-refractivity contribution in [2.75, 3.05) is 13.6 Å². The molecule has 0 amide bonds. The molecule has 1 N–H and O–H groups in total. The maximum atomic E-state index is 4.31. The Morgan fingerprint density at radius 1 is 1.62 bits per heavy atom. The summed E-state index contributed by atoms with van der Waals surface area (Å²) in [5.41, 5.74) is 3.16. The van der Waals surface area contributed by atoms with Crippen molar-refractivity contribution in [1.82, 2.24) is 10.3 Å². The molecule has 1 aromatic rings. The Balaban J connectivity index is 2.37. The number of nitrogens with zero attached hydrogens (tertiary/aromatic N) is 1. The first-order chi connectivity index (χ1) is 6.36. The van der Waals surface area contributed by atoms with Crippen molar-refractivity contribution in [2.24, 2.45) is 5.92 Å². The fraction of sp³-hybridized carbons (Fsp3) is 0.700. The lowest BCUT2D eigenvalue weighted by Gasteiger charge is -2.13. The van der Waals surface area contributed by atoms with Crippen LogP contribution in [0.2, 0.25) is 0 Å². The summed E-state index contributed by atoms with van der Waals surface area (Å²) in [6.45, 7) is 3.34. The Kier molecular flexibility index (Phi) is 5.01. The summed E-state index contributed by atoms with van der Waals surface area (Å²) >= 11 is 1.69. The van der Waals surface area contributed by atoms with E-state index in [1.807, 2.05) is 12.6 Å². The fourth-order valence-electron chi connectivity index (χ4n) is 1.61. The predicted octanol–water partition coefficient (Wildman–Crippen LogP) is 2.32. The molecule has 3 heteroatoms. The molecular weight excluding hydrogens is 180 g/mol. The monoisotopic (exact) mass is 198 g/mol. The van der Waals surface area contributed by atoms with Crippen LogP contribution in [0, 0.1) is 5.92 Å². The van der Waals surface area contributed by atoms with E-state index in [9.17, 15) is 0 Å². The largest absolute Gasteiger partial charge is 0.319 e. The van der Waals surface area contributed by atoms with Crippen molar-refractivity contribution in [3.63, 3.8) is 0 Å². The lowest BCUT2D eigenvalue weighted by molar-refractivity contribution is 0.452. The van der Waals surface area contributed by atoms with Crippen LogP contribution in [-0.2, 0) is 6.42 Å².